The lowest BCUT2D eigenvalue weighted by Crippen LogP contribution is -2.33. The van der Waals surface area contributed by atoms with Crippen molar-refractivity contribution in [2.45, 2.75) is 26.8 Å². The lowest BCUT2D eigenvalue weighted by molar-refractivity contribution is -0.126. The highest BCUT2D eigenvalue weighted by Crippen LogP contribution is 2.29. The van der Waals surface area contributed by atoms with Crippen LogP contribution in [-0.2, 0) is 16.1 Å². The molecule has 0 unspecified atom stereocenters. The number of rotatable bonds is 4. The highest BCUT2D eigenvalue weighted by molar-refractivity contribution is 6.00. The summed E-state index contributed by atoms with van der Waals surface area (Å²) in [5.74, 6) is -1.04. The minimum Gasteiger partial charge on any atom is -0.352 e. The SMILES string of the molecule is Cc1cccc(N2C[C@@H](C(=O)NCc3ccccc3F)CC2=O)c1C. The Morgan fingerprint density at radius 1 is 1.20 bits per heavy atom. The van der Waals surface area contributed by atoms with Crippen LogP contribution < -0.4 is 10.2 Å². The molecule has 0 saturated carbocycles. The van der Waals surface area contributed by atoms with Crippen molar-refractivity contribution in [3.8, 4) is 0 Å². The summed E-state index contributed by atoms with van der Waals surface area (Å²) in [6.07, 6.45) is 0.177. The molecular formula is C20H21FN2O2. The number of hydrogen-bond donors (Lipinski definition) is 1. The summed E-state index contributed by atoms with van der Waals surface area (Å²) >= 11 is 0. The highest BCUT2D eigenvalue weighted by atomic mass is 19.1. The van der Waals surface area contributed by atoms with Gasteiger partial charge in [-0.05, 0) is 37.1 Å². The molecule has 0 radical (unpaired) electrons. The zero-order chi connectivity index (χ0) is 18.0. The number of aryl methyl sites for hydroxylation is 1. The van der Waals surface area contributed by atoms with Crippen molar-refractivity contribution in [3.05, 3.63) is 65.0 Å². The molecule has 130 valence electrons. The van der Waals surface area contributed by atoms with Gasteiger partial charge in [-0.25, -0.2) is 4.39 Å². The zero-order valence-corrected chi connectivity index (χ0v) is 14.4. The highest BCUT2D eigenvalue weighted by Gasteiger charge is 2.35. The molecule has 0 bridgehead atoms. The van der Waals surface area contributed by atoms with Gasteiger partial charge in [0, 0.05) is 30.8 Å². The normalized spacial score (nSPS) is 17.0. The van der Waals surface area contributed by atoms with Gasteiger partial charge >= 0.3 is 0 Å². The van der Waals surface area contributed by atoms with Gasteiger partial charge in [-0.1, -0.05) is 30.3 Å². The second-order valence-electron chi connectivity index (χ2n) is 6.43. The molecule has 0 aromatic heterocycles. The fourth-order valence-electron chi connectivity index (χ4n) is 3.11. The predicted molar refractivity (Wildman–Crippen MR) is 94.6 cm³/mol. The Morgan fingerprint density at radius 3 is 2.72 bits per heavy atom. The van der Waals surface area contributed by atoms with Crippen LogP contribution in [0.4, 0.5) is 10.1 Å². The van der Waals surface area contributed by atoms with E-state index in [-0.39, 0.29) is 30.6 Å². The number of halogens is 1. The van der Waals surface area contributed by atoms with Crippen LogP contribution in [0.1, 0.15) is 23.1 Å². The zero-order valence-electron chi connectivity index (χ0n) is 14.4. The monoisotopic (exact) mass is 340 g/mol. The van der Waals surface area contributed by atoms with E-state index in [2.05, 4.69) is 5.32 Å². The van der Waals surface area contributed by atoms with Crippen molar-refractivity contribution < 1.29 is 14.0 Å². The Bertz CT molecular complexity index is 819. The van der Waals surface area contributed by atoms with Gasteiger partial charge in [0.15, 0.2) is 0 Å². The molecule has 2 aromatic rings. The Labute approximate surface area is 146 Å². The van der Waals surface area contributed by atoms with Crippen LogP contribution in [-0.4, -0.2) is 18.4 Å². The van der Waals surface area contributed by atoms with Crippen LogP contribution in [0.2, 0.25) is 0 Å². The lowest BCUT2D eigenvalue weighted by Gasteiger charge is -2.20. The molecule has 3 rings (SSSR count). The van der Waals surface area contributed by atoms with E-state index in [1.54, 1.807) is 23.1 Å². The van der Waals surface area contributed by atoms with Crippen LogP contribution in [0, 0.1) is 25.6 Å². The van der Waals surface area contributed by atoms with E-state index in [9.17, 15) is 14.0 Å². The van der Waals surface area contributed by atoms with Crippen LogP contribution in [0.3, 0.4) is 0 Å². The average molecular weight is 340 g/mol. The second kappa shape index (κ2) is 7.05. The topological polar surface area (TPSA) is 49.4 Å². The van der Waals surface area contributed by atoms with Crippen molar-refractivity contribution in [1.29, 1.82) is 0 Å². The maximum Gasteiger partial charge on any atom is 0.227 e. The van der Waals surface area contributed by atoms with Gasteiger partial charge in [-0.15, -0.1) is 0 Å². The van der Waals surface area contributed by atoms with E-state index in [4.69, 9.17) is 0 Å². The number of hydrogen-bond acceptors (Lipinski definition) is 2. The number of nitrogens with one attached hydrogen (secondary N) is 1. The first-order chi connectivity index (χ1) is 12.0. The fourth-order valence-corrected chi connectivity index (χ4v) is 3.11. The first-order valence-electron chi connectivity index (χ1n) is 8.35. The van der Waals surface area contributed by atoms with Crippen molar-refractivity contribution in [2.75, 3.05) is 11.4 Å². The van der Waals surface area contributed by atoms with E-state index in [0.717, 1.165) is 16.8 Å². The maximum atomic E-state index is 13.6. The fraction of sp³-hybridized carbons (Fsp3) is 0.300. The molecule has 1 aliphatic rings. The molecule has 1 saturated heterocycles. The summed E-state index contributed by atoms with van der Waals surface area (Å²) in [5.41, 5.74) is 3.45. The standard InChI is InChI=1S/C20H21FN2O2/c1-13-6-5-9-18(14(13)2)23-12-16(10-19(23)24)20(25)22-11-15-7-3-4-8-17(15)21/h3-9,16H,10-12H2,1-2H3,(H,22,25)/t16-/m0/s1. The van der Waals surface area contributed by atoms with E-state index < -0.39 is 5.92 Å². The molecule has 25 heavy (non-hydrogen) atoms. The van der Waals surface area contributed by atoms with Crippen LogP contribution in [0.25, 0.3) is 0 Å². The second-order valence-corrected chi connectivity index (χ2v) is 6.43. The summed E-state index contributed by atoms with van der Waals surface area (Å²) in [5, 5.41) is 2.74. The maximum absolute atomic E-state index is 13.6. The number of amides is 2. The summed E-state index contributed by atoms with van der Waals surface area (Å²) in [6.45, 7) is 4.45. The van der Waals surface area contributed by atoms with Gasteiger partial charge in [0.05, 0.1) is 5.92 Å². The molecule has 1 aliphatic heterocycles. The number of benzene rings is 2. The van der Waals surface area contributed by atoms with Crippen LogP contribution >= 0.6 is 0 Å². The minimum atomic E-state index is -0.417. The largest absolute Gasteiger partial charge is 0.352 e. The van der Waals surface area contributed by atoms with Crippen molar-refractivity contribution in [3.63, 3.8) is 0 Å². The van der Waals surface area contributed by atoms with Gasteiger partial charge in [0.25, 0.3) is 0 Å². The number of carbonyl (C=O) groups is 2. The third kappa shape index (κ3) is 3.55. The first-order valence-corrected chi connectivity index (χ1v) is 8.35. The first kappa shape index (κ1) is 17.1. The molecule has 1 atom stereocenters. The van der Waals surface area contributed by atoms with Gasteiger partial charge in [0.2, 0.25) is 11.8 Å². The van der Waals surface area contributed by atoms with E-state index in [1.165, 1.54) is 6.07 Å². The lowest BCUT2D eigenvalue weighted by atomic mass is 10.1. The Hall–Kier alpha value is -2.69. The molecule has 0 spiro atoms. The predicted octanol–water partition coefficient (Wildman–Crippen LogP) is 3.11. The molecular weight excluding hydrogens is 319 g/mol. The summed E-state index contributed by atoms with van der Waals surface area (Å²) < 4.78 is 13.6. The van der Waals surface area contributed by atoms with Crippen molar-refractivity contribution >= 4 is 17.5 Å². The molecule has 2 amide bonds. The van der Waals surface area contributed by atoms with E-state index in [1.807, 2.05) is 32.0 Å². The number of carbonyl (C=O) groups excluding carboxylic acids is 2. The van der Waals surface area contributed by atoms with Gasteiger partial charge in [-0.3, -0.25) is 9.59 Å². The van der Waals surface area contributed by atoms with Gasteiger partial charge < -0.3 is 10.2 Å². The molecule has 1 fully saturated rings. The smallest absolute Gasteiger partial charge is 0.227 e. The third-order valence-corrected chi connectivity index (χ3v) is 4.77. The van der Waals surface area contributed by atoms with Crippen molar-refractivity contribution in [1.82, 2.24) is 5.32 Å². The number of nitrogens with zero attached hydrogens (tertiary/aromatic N) is 1. The van der Waals surface area contributed by atoms with E-state index in [0.29, 0.717) is 12.1 Å². The van der Waals surface area contributed by atoms with Gasteiger partial charge in [-0.2, -0.15) is 0 Å². The Kier molecular flexibility index (Phi) is 4.83. The third-order valence-electron chi connectivity index (χ3n) is 4.77. The molecule has 1 N–H and O–H groups in total. The summed E-state index contributed by atoms with van der Waals surface area (Å²) in [7, 11) is 0. The quantitative estimate of drug-likeness (QED) is 0.930. The molecule has 2 aromatic carbocycles. The van der Waals surface area contributed by atoms with Gasteiger partial charge in [0.1, 0.15) is 5.82 Å². The number of anilines is 1. The summed E-state index contributed by atoms with van der Waals surface area (Å²) in [4.78, 5) is 26.4. The summed E-state index contributed by atoms with van der Waals surface area (Å²) in [6, 6.07) is 12.2. The Balaban J connectivity index is 1.67. The average Bonchev–Trinajstić information content (AvgIpc) is 2.98. The van der Waals surface area contributed by atoms with Crippen LogP contribution in [0.5, 0.6) is 0 Å². The Morgan fingerprint density at radius 2 is 1.96 bits per heavy atom. The minimum absolute atomic E-state index is 0.0558. The van der Waals surface area contributed by atoms with E-state index >= 15 is 0 Å². The van der Waals surface area contributed by atoms with Crippen LogP contribution in [0.15, 0.2) is 42.5 Å². The molecule has 4 nitrogen and oxygen atoms in total. The van der Waals surface area contributed by atoms with Crippen molar-refractivity contribution in [2.24, 2.45) is 5.92 Å². The molecule has 1 heterocycles. The molecule has 5 heteroatoms. The molecule has 0 aliphatic carbocycles.